The highest BCUT2D eigenvalue weighted by Crippen LogP contribution is 2.22. The van der Waals surface area contributed by atoms with Crippen LogP contribution in [0.15, 0.2) is 23.4 Å². The van der Waals surface area contributed by atoms with Crippen LogP contribution in [0.25, 0.3) is 0 Å². The standard InChI is InChI=1S/C14H16ClN3O2S2/c1-9-8-10(15)5-6-11(9)20-7-3-4-12(19)16-13-17-14(21-2)18-22-13/h5-6,8H,3-4,7H2,1-2H3,(H,16,17,18,19). The van der Waals surface area contributed by atoms with Gasteiger partial charge in [-0.1, -0.05) is 23.4 Å². The first-order valence-corrected chi connectivity index (χ1v) is 9.02. The van der Waals surface area contributed by atoms with Crippen LogP contribution in [0.4, 0.5) is 5.13 Å². The number of carbonyl (C=O) groups excluding carboxylic acids is 1. The Morgan fingerprint density at radius 3 is 3.00 bits per heavy atom. The number of aryl methyl sites for hydroxylation is 1. The van der Waals surface area contributed by atoms with Crippen molar-refractivity contribution in [1.29, 1.82) is 0 Å². The van der Waals surface area contributed by atoms with E-state index in [1.165, 1.54) is 23.3 Å². The number of aromatic nitrogens is 2. The molecular weight excluding hydrogens is 342 g/mol. The SMILES string of the molecule is CSc1nsc(NC(=O)CCCOc2ccc(Cl)cc2C)n1. The van der Waals surface area contributed by atoms with Crippen molar-refractivity contribution >= 4 is 45.9 Å². The molecule has 1 N–H and O–H groups in total. The molecule has 0 atom stereocenters. The molecule has 2 aromatic rings. The monoisotopic (exact) mass is 357 g/mol. The van der Waals surface area contributed by atoms with Crippen LogP contribution in [0.5, 0.6) is 5.75 Å². The minimum Gasteiger partial charge on any atom is -0.493 e. The second kappa shape index (κ2) is 8.36. The quantitative estimate of drug-likeness (QED) is 0.599. The van der Waals surface area contributed by atoms with E-state index in [9.17, 15) is 4.79 Å². The molecule has 5 nitrogen and oxygen atoms in total. The minimum atomic E-state index is -0.0831. The number of anilines is 1. The van der Waals surface area contributed by atoms with Crippen LogP contribution in [-0.4, -0.2) is 28.1 Å². The van der Waals surface area contributed by atoms with Crippen molar-refractivity contribution in [3.8, 4) is 5.75 Å². The molecule has 1 amide bonds. The summed E-state index contributed by atoms with van der Waals surface area (Å²) in [5.74, 6) is 0.707. The third-order valence-electron chi connectivity index (χ3n) is 2.78. The number of nitrogens with one attached hydrogen (secondary N) is 1. The summed E-state index contributed by atoms with van der Waals surface area (Å²) < 4.78 is 9.73. The first kappa shape index (κ1) is 17.1. The lowest BCUT2D eigenvalue weighted by Gasteiger charge is -2.09. The van der Waals surface area contributed by atoms with E-state index in [0.29, 0.717) is 34.8 Å². The number of halogens is 1. The predicted octanol–water partition coefficient (Wildman–Crippen LogP) is 4.02. The molecular formula is C14H16ClN3O2S2. The lowest BCUT2D eigenvalue weighted by Crippen LogP contribution is -2.12. The fraction of sp³-hybridized carbons (Fsp3) is 0.357. The van der Waals surface area contributed by atoms with E-state index < -0.39 is 0 Å². The highest BCUT2D eigenvalue weighted by molar-refractivity contribution is 7.98. The molecule has 0 aliphatic rings. The van der Waals surface area contributed by atoms with Crippen molar-refractivity contribution < 1.29 is 9.53 Å². The molecule has 0 bridgehead atoms. The molecule has 0 unspecified atom stereocenters. The fourth-order valence-corrected chi connectivity index (χ4v) is 3.08. The predicted molar refractivity (Wildman–Crippen MR) is 91.2 cm³/mol. The summed E-state index contributed by atoms with van der Waals surface area (Å²) in [7, 11) is 0. The molecule has 0 aliphatic heterocycles. The molecule has 1 aromatic heterocycles. The van der Waals surface area contributed by atoms with Gasteiger partial charge >= 0.3 is 0 Å². The summed E-state index contributed by atoms with van der Waals surface area (Å²) in [5, 5.41) is 4.62. The topological polar surface area (TPSA) is 64.1 Å². The minimum absolute atomic E-state index is 0.0831. The maximum atomic E-state index is 11.8. The Hall–Kier alpha value is -1.31. The van der Waals surface area contributed by atoms with Crippen LogP contribution < -0.4 is 10.1 Å². The van der Waals surface area contributed by atoms with E-state index in [-0.39, 0.29) is 5.91 Å². The van der Waals surface area contributed by atoms with Gasteiger partial charge < -0.3 is 10.1 Å². The zero-order chi connectivity index (χ0) is 15.9. The van der Waals surface area contributed by atoms with Crippen LogP contribution in [0.2, 0.25) is 5.02 Å². The molecule has 22 heavy (non-hydrogen) atoms. The summed E-state index contributed by atoms with van der Waals surface area (Å²) in [4.78, 5) is 15.9. The molecule has 118 valence electrons. The first-order chi connectivity index (χ1) is 10.6. The average Bonchev–Trinajstić information content (AvgIpc) is 2.93. The Morgan fingerprint density at radius 1 is 1.50 bits per heavy atom. The number of hydrogen-bond acceptors (Lipinski definition) is 6. The van der Waals surface area contributed by atoms with Gasteiger partial charge in [-0.3, -0.25) is 4.79 Å². The Kier molecular flexibility index (Phi) is 6.48. The van der Waals surface area contributed by atoms with E-state index in [4.69, 9.17) is 16.3 Å². The molecule has 0 radical (unpaired) electrons. The summed E-state index contributed by atoms with van der Waals surface area (Å²) in [6, 6.07) is 5.47. The van der Waals surface area contributed by atoms with Gasteiger partial charge in [0.1, 0.15) is 5.75 Å². The van der Waals surface area contributed by atoms with Crippen molar-refractivity contribution in [3.63, 3.8) is 0 Å². The van der Waals surface area contributed by atoms with Gasteiger partial charge in [-0.2, -0.15) is 9.36 Å². The van der Waals surface area contributed by atoms with Crippen LogP contribution in [0.1, 0.15) is 18.4 Å². The zero-order valence-corrected chi connectivity index (χ0v) is 14.6. The number of amides is 1. The first-order valence-electron chi connectivity index (χ1n) is 6.65. The van der Waals surface area contributed by atoms with E-state index in [0.717, 1.165) is 11.3 Å². The summed E-state index contributed by atoms with van der Waals surface area (Å²) in [6.45, 7) is 2.41. The summed E-state index contributed by atoms with van der Waals surface area (Å²) >= 11 is 8.52. The van der Waals surface area contributed by atoms with Gasteiger partial charge in [0, 0.05) is 23.0 Å². The van der Waals surface area contributed by atoms with Gasteiger partial charge in [0.05, 0.1) is 6.61 Å². The van der Waals surface area contributed by atoms with Crippen LogP contribution >= 0.6 is 34.9 Å². The van der Waals surface area contributed by atoms with Crippen molar-refractivity contribution in [1.82, 2.24) is 9.36 Å². The van der Waals surface area contributed by atoms with E-state index >= 15 is 0 Å². The van der Waals surface area contributed by atoms with Gasteiger partial charge in [-0.15, -0.1) is 0 Å². The summed E-state index contributed by atoms with van der Waals surface area (Å²) in [6.07, 6.45) is 2.90. The lowest BCUT2D eigenvalue weighted by atomic mass is 10.2. The molecule has 8 heteroatoms. The Balaban J connectivity index is 1.70. The van der Waals surface area contributed by atoms with Gasteiger partial charge in [-0.25, -0.2) is 0 Å². The van der Waals surface area contributed by atoms with Crippen molar-refractivity contribution in [2.24, 2.45) is 0 Å². The Bertz CT molecular complexity index is 649. The van der Waals surface area contributed by atoms with Gasteiger partial charge in [-0.05, 0) is 43.4 Å². The molecule has 0 spiro atoms. The number of thioether (sulfide) groups is 1. The molecule has 2 rings (SSSR count). The summed E-state index contributed by atoms with van der Waals surface area (Å²) in [5.41, 5.74) is 0.982. The van der Waals surface area contributed by atoms with Crippen molar-refractivity contribution in [2.75, 3.05) is 18.2 Å². The van der Waals surface area contributed by atoms with E-state index in [1.807, 2.05) is 25.3 Å². The van der Waals surface area contributed by atoms with Crippen LogP contribution in [0, 0.1) is 6.92 Å². The molecule has 0 aliphatic carbocycles. The number of benzene rings is 1. The number of hydrogen-bond donors (Lipinski definition) is 1. The molecule has 1 heterocycles. The van der Waals surface area contributed by atoms with E-state index in [1.54, 1.807) is 6.07 Å². The lowest BCUT2D eigenvalue weighted by molar-refractivity contribution is -0.116. The normalized spacial score (nSPS) is 10.5. The van der Waals surface area contributed by atoms with Crippen LogP contribution in [0.3, 0.4) is 0 Å². The van der Waals surface area contributed by atoms with E-state index in [2.05, 4.69) is 14.7 Å². The number of rotatable bonds is 7. The molecule has 0 fully saturated rings. The Morgan fingerprint density at radius 2 is 2.32 bits per heavy atom. The van der Waals surface area contributed by atoms with Crippen molar-refractivity contribution in [2.45, 2.75) is 24.9 Å². The molecule has 0 saturated heterocycles. The fourth-order valence-electron chi connectivity index (χ4n) is 1.72. The largest absolute Gasteiger partial charge is 0.493 e. The number of nitrogens with zero attached hydrogens (tertiary/aromatic N) is 2. The van der Waals surface area contributed by atoms with Gasteiger partial charge in [0.25, 0.3) is 0 Å². The highest BCUT2D eigenvalue weighted by atomic mass is 35.5. The second-order valence-electron chi connectivity index (χ2n) is 4.50. The number of ether oxygens (including phenoxy) is 1. The zero-order valence-electron chi connectivity index (χ0n) is 12.3. The highest BCUT2D eigenvalue weighted by Gasteiger charge is 2.08. The third-order valence-corrected chi connectivity index (χ3v) is 4.31. The number of carbonyl (C=O) groups is 1. The van der Waals surface area contributed by atoms with Gasteiger partial charge in [0.2, 0.25) is 16.2 Å². The second-order valence-corrected chi connectivity index (χ2v) is 6.46. The third kappa shape index (κ3) is 5.15. The maximum absolute atomic E-state index is 11.8. The smallest absolute Gasteiger partial charge is 0.226 e. The van der Waals surface area contributed by atoms with Gasteiger partial charge in [0.15, 0.2) is 0 Å². The molecule has 1 aromatic carbocycles. The average molecular weight is 358 g/mol. The maximum Gasteiger partial charge on any atom is 0.226 e. The van der Waals surface area contributed by atoms with Crippen molar-refractivity contribution in [3.05, 3.63) is 28.8 Å². The molecule has 0 saturated carbocycles. The Labute approximate surface area is 142 Å². The van der Waals surface area contributed by atoms with Crippen LogP contribution in [-0.2, 0) is 4.79 Å².